The molecule has 5 rings (SSSR count). The number of anilines is 1. The van der Waals surface area contributed by atoms with Crippen molar-refractivity contribution in [2.45, 2.75) is 0 Å². The molecule has 5 aromatic rings. The van der Waals surface area contributed by atoms with Crippen LogP contribution in [0.4, 0.5) is 5.69 Å². The van der Waals surface area contributed by atoms with Gasteiger partial charge in [0, 0.05) is 16.6 Å². The molecule has 2 aromatic carbocycles. The molecule has 0 saturated heterocycles. The number of amides is 1. The van der Waals surface area contributed by atoms with Crippen LogP contribution in [0, 0.1) is 0 Å². The van der Waals surface area contributed by atoms with Crippen LogP contribution in [0.1, 0.15) is 10.6 Å². The summed E-state index contributed by atoms with van der Waals surface area (Å²) in [4.78, 5) is 24.8. The highest BCUT2D eigenvalue weighted by Gasteiger charge is 2.11. The fourth-order valence-electron chi connectivity index (χ4n) is 2.93. The van der Waals surface area contributed by atoms with Crippen LogP contribution in [0.5, 0.6) is 0 Å². The van der Waals surface area contributed by atoms with Gasteiger partial charge in [0.25, 0.3) is 5.91 Å². The molecule has 6 nitrogen and oxygen atoms in total. The van der Waals surface area contributed by atoms with E-state index in [2.05, 4.69) is 15.3 Å². The van der Waals surface area contributed by atoms with Gasteiger partial charge in [-0.05, 0) is 36.4 Å². The maximum absolute atomic E-state index is 12.1. The van der Waals surface area contributed by atoms with E-state index < -0.39 is 0 Å². The molecule has 120 valence electrons. The highest BCUT2D eigenvalue weighted by Crippen LogP contribution is 2.25. The molecule has 1 amide bonds. The van der Waals surface area contributed by atoms with Crippen molar-refractivity contribution in [2.24, 2.45) is 0 Å². The first-order valence-electron chi connectivity index (χ1n) is 7.81. The van der Waals surface area contributed by atoms with Crippen LogP contribution in [0.15, 0.2) is 65.3 Å². The van der Waals surface area contributed by atoms with Gasteiger partial charge in [-0.15, -0.1) is 0 Å². The van der Waals surface area contributed by atoms with E-state index >= 15 is 0 Å². The van der Waals surface area contributed by atoms with Gasteiger partial charge in [-0.2, -0.15) is 0 Å². The van der Waals surface area contributed by atoms with Gasteiger partial charge in [-0.25, -0.2) is 9.97 Å². The molecule has 0 aliphatic rings. The molecule has 0 spiro atoms. The Balaban J connectivity index is 1.62. The maximum Gasteiger partial charge on any atom is 0.291 e. The number of carbonyl (C=O) groups is 1. The quantitative estimate of drug-likeness (QED) is 0.511. The molecule has 0 aliphatic heterocycles. The Morgan fingerprint density at radius 2 is 1.92 bits per heavy atom. The second kappa shape index (κ2) is 5.17. The third kappa shape index (κ3) is 2.23. The van der Waals surface area contributed by atoms with Crippen molar-refractivity contribution in [2.75, 3.05) is 5.32 Å². The molecule has 0 aliphatic carbocycles. The summed E-state index contributed by atoms with van der Waals surface area (Å²) >= 11 is 0. The van der Waals surface area contributed by atoms with Gasteiger partial charge >= 0.3 is 0 Å². The lowest BCUT2D eigenvalue weighted by Crippen LogP contribution is -2.10. The van der Waals surface area contributed by atoms with E-state index in [-0.39, 0.29) is 11.7 Å². The van der Waals surface area contributed by atoms with E-state index in [1.54, 1.807) is 18.2 Å². The lowest BCUT2D eigenvalue weighted by Gasteiger charge is -2.04. The predicted octanol–water partition coefficient (Wildman–Crippen LogP) is 4.11. The number of rotatable bonds is 2. The SMILES string of the molecule is O=C(Nc1ccc2nc3[nH]c4ccccc4c3nc2c1)c1ccco1. The minimum atomic E-state index is -0.300. The molecular formula is C19H12N4O2. The van der Waals surface area contributed by atoms with Gasteiger partial charge in [-0.3, -0.25) is 4.79 Å². The highest BCUT2D eigenvalue weighted by molar-refractivity contribution is 6.06. The summed E-state index contributed by atoms with van der Waals surface area (Å²) in [5.74, 6) is -0.0382. The molecule has 3 aromatic heterocycles. The summed E-state index contributed by atoms with van der Waals surface area (Å²) < 4.78 is 5.11. The molecule has 0 atom stereocenters. The standard InChI is InChI=1S/C19H12N4O2/c24-19(16-6-3-9-25-16)20-11-7-8-14-15(10-11)21-17-12-4-1-2-5-13(12)22-18(17)23-14/h1-10H,(H,20,24)(H,22,23). The third-order valence-electron chi connectivity index (χ3n) is 4.10. The van der Waals surface area contributed by atoms with Crippen molar-refractivity contribution < 1.29 is 9.21 Å². The second-order valence-corrected chi connectivity index (χ2v) is 5.73. The number of carbonyl (C=O) groups excluding carboxylic acids is 1. The average Bonchev–Trinajstić information content (AvgIpc) is 3.27. The van der Waals surface area contributed by atoms with Crippen molar-refractivity contribution in [1.82, 2.24) is 15.0 Å². The fourth-order valence-corrected chi connectivity index (χ4v) is 2.93. The Morgan fingerprint density at radius 1 is 1.00 bits per heavy atom. The number of furan rings is 1. The minimum absolute atomic E-state index is 0.262. The van der Waals surface area contributed by atoms with E-state index in [1.807, 2.05) is 36.4 Å². The zero-order valence-corrected chi connectivity index (χ0v) is 13.0. The first-order valence-corrected chi connectivity index (χ1v) is 7.81. The molecule has 0 radical (unpaired) electrons. The van der Waals surface area contributed by atoms with E-state index in [1.165, 1.54) is 6.26 Å². The molecule has 2 N–H and O–H groups in total. The topological polar surface area (TPSA) is 83.8 Å². The first kappa shape index (κ1) is 13.7. The van der Waals surface area contributed by atoms with Gasteiger partial charge in [0.2, 0.25) is 0 Å². The zero-order valence-electron chi connectivity index (χ0n) is 13.0. The van der Waals surface area contributed by atoms with Crippen LogP contribution in [0.3, 0.4) is 0 Å². The van der Waals surface area contributed by atoms with Gasteiger partial charge in [0.05, 0.1) is 17.3 Å². The maximum atomic E-state index is 12.1. The number of aromatic nitrogens is 3. The second-order valence-electron chi connectivity index (χ2n) is 5.73. The Labute approximate surface area is 141 Å². The predicted molar refractivity (Wildman–Crippen MR) is 95.6 cm³/mol. The monoisotopic (exact) mass is 328 g/mol. The van der Waals surface area contributed by atoms with Gasteiger partial charge in [0.1, 0.15) is 5.52 Å². The van der Waals surface area contributed by atoms with Crippen LogP contribution in [-0.2, 0) is 0 Å². The Kier molecular flexibility index (Phi) is 2.84. The summed E-state index contributed by atoms with van der Waals surface area (Å²) in [7, 11) is 0. The fraction of sp³-hybridized carbons (Fsp3) is 0. The normalized spacial score (nSPS) is 11.4. The number of aromatic amines is 1. The summed E-state index contributed by atoms with van der Waals surface area (Å²) in [6.45, 7) is 0. The van der Waals surface area contributed by atoms with Gasteiger partial charge in [0.15, 0.2) is 11.4 Å². The molecule has 0 fully saturated rings. The molecule has 25 heavy (non-hydrogen) atoms. The van der Waals surface area contributed by atoms with Crippen LogP contribution < -0.4 is 5.32 Å². The highest BCUT2D eigenvalue weighted by atomic mass is 16.3. The number of benzene rings is 2. The Bertz CT molecular complexity index is 1240. The molecule has 0 bridgehead atoms. The summed E-state index contributed by atoms with van der Waals surface area (Å²) in [6, 6.07) is 16.7. The van der Waals surface area contributed by atoms with Crippen LogP contribution >= 0.6 is 0 Å². The molecular weight excluding hydrogens is 316 g/mol. The van der Waals surface area contributed by atoms with Crippen molar-refractivity contribution >= 4 is 44.7 Å². The van der Waals surface area contributed by atoms with Gasteiger partial charge in [-0.1, -0.05) is 18.2 Å². The largest absolute Gasteiger partial charge is 0.459 e. The number of hydrogen-bond acceptors (Lipinski definition) is 4. The summed E-state index contributed by atoms with van der Waals surface area (Å²) in [5, 5.41) is 3.83. The Morgan fingerprint density at radius 3 is 2.80 bits per heavy atom. The number of H-pyrrole nitrogens is 1. The van der Waals surface area contributed by atoms with Crippen LogP contribution in [0.25, 0.3) is 33.1 Å². The number of nitrogens with zero attached hydrogens (tertiary/aromatic N) is 2. The average molecular weight is 328 g/mol. The lowest BCUT2D eigenvalue weighted by atomic mass is 10.2. The van der Waals surface area contributed by atoms with E-state index in [0.717, 1.165) is 33.1 Å². The lowest BCUT2D eigenvalue weighted by molar-refractivity contribution is 0.0996. The molecule has 3 heterocycles. The minimum Gasteiger partial charge on any atom is -0.459 e. The Hall–Kier alpha value is -3.67. The van der Waals surface area contributed by atoms with Crippen molar-refractivity contribution in [3.8, 4) is 0 Å². The van der Waals surface area contributed by atoms with E-state index in [0.29, 0.717) is 5.69 Å². The van der Waals surface area contributed by atoms with Crippen molar-refractivity contribution in [1.29, 1.82) is 0 Å². The van der Waals surface area contributed by atoms with E-state index in [4.69, 9.17) is 9.40 Å². The number of para-hydroxylation sites is 1. The first-order chi connectivity index (χ1) is 12.3. The summed E-state index contributed by atoms with van der Waals surface area (Å²) in [6.07, 6.45) is 1.47. The number of fused-ring (bicyclic) bond motifs is 4. The zero-order chi connectivity index (χ0) is 16.8. The third-order valence-corrected chi connectivity index (χ3v) is 4.10. The van der Waals surface area contributed by atoms with Crippen LogP contribution in [0.2, 0.25) is 0 Å². The number of hydrogen-bond donors (Lipinski definition) is 2. The molecule has 0 saturated carbocycles. The van der Waals surface area contributed by atoms with Crippen LogP contribution in [-0.4, -0.2) is 20.9 Å². The number of nitrogens with one attached hydrogen (secondary N) is 2. The smallest absolute Gasteiger partial charge is 0.291 e. The molecule has 6 heteroatoms. The van der Waals surface area contributed by atoms with Crippen molar-refractivity contribution in [3.05, 3.63) is 66.6 Å². The molecule has 0 unspecified atom stereocenters. The summed E-state index contributed by atoms with van der Waals surface area (Å²) in [5.41, 5.74) is 4.68. The van der Waals surface area contributed by atoms with E-state index in [9.17, 15) is 4.79 Å². The van der Waals surface area contributed by atoms with Gasteiger partial charge < -0.3 is 14.7 Å². The van der Waals surface area contributed by atoms with Crippen molar-refractivity contribution in [3.63, 3.8) is 0 Å².